The molecule has 1 aliphatic heterocycles. The van der Waals surface area contributed by atoms with Crippen LogP contribution in [0.4, 0.5) is 5.95 Å². The molecular weight excluding hydrogens is 266 g/mol. The molecule has 5 nitrogen and oxygen atoms in total. The zero-order valence-electron chi connectivity index (χ0n) is 12.5. The van der Waals surface area contributed by atoms with Crippen LogP contribution < -0.4 is 10.5 Å². The third kappa shape index (κ3) is 2.97. The first kappa shape index (κ1) is 14.2. The lowest BCUT2D eigenvalue weighted by Gasteiger charge is -2.23. The highest BCUT2D eigenvalue weighted by Gasteiger charge is 2.18. The highest BCUT2D eigenvalue weighted by Crippen LogP contribution is 2.29. The third-order valence-electron chi connectivity index (χ3n) is 4.01. The summed E-state index contributed by atoms with van der Waals surface area (Å²) in [5.74, 6) is 2.01. The van der Waals surface area contributed by atoms with E-state index in [2.05, 4.69) is 22.5 Å². The van der Waals surface area contributed by atoms with Crippen LogP contribution in [0.3, 0.4) is 0 Å². The fourth-order valence-corrected chi connectivity index (χ4v) is 2.85. The summed E-state index contributed by atoms with van der Waals surface area (Å²) in [6, 6.07) is 6.04. The summed E-state index contributed by atoms with van der Waals surface area (Å²) in [5.41, 5.74) is 8.07. The lowest BCUT2D eigenvalue weighted by Crippen LogP contribution is -2.21. The second-order valence-electron chi connectivity index (χ2n) is 5.61. The van der Waals surface area contributed by atoms with Gasteiger partial charge in [0.1, 0.15) is 11.3 Å². The summed E-state index contributed by atoms with van der Waals surface area (Å²) >= 11 is 0. The van der Waals surface area contributed by atoms with Crippen molar-refractivity contribution in [2.45, 2.75) is 32.7 Å². The van der Waals surface area contributed by atoms with Crippen LogP contribution in [0.15, 0.2) is 18.2 Å². The molecule has 0 bridgehead atoms. The van der Waals surface area contributed by atoms with Gasteiger partial charge < -0.3 is 19.8 Å². The van der Waals surface area contributed by atoms with Gasteiger partial charge in [0.25, 0.3) is 0 Å². The molecule has 1 aromatic carbocycles. The minimum Gasteiger partial charge on any atom is -0.491 e. The topological polar surface area (TPSA) is 62.3 Å². The highest BCUT2D eigenvalue weighted by molar-refractivity contribution is 5.84. The Morgan fingerprint density at radius 1 is 1.38 bits per heavy atom. The van der Waals surface area contributed by atoms with Crippen LogP contribution in [0.1, 0.15) is 26.2 Å². The summed E-state index contributed by atoms with van der Waals surface area (Å²) in [6.45, 7) is 5.40. The lowest BCUT2D eigenvalue weighted by atomic mass is 10.0. The first-order chi connectivity index (χ1) is 10.3. The fourth-order valence-electron chi connectivity index (χ4n) is 2.85. The molecule has 0 saturated carbocycles. The minimum atomic E-state index is 0.573. The van der Waals surface area contributed by atoms with Gasteiger partial charge in [-0.3, -0.25) is 0 Å². The van der Waals surface area contributed by atoms with E-state index in [0.29, 0.717) is 18.5 Å². The third-order valence-corrected chi connectivity index (χ3v) is 4.01. The van der Waals surface area contributed by atoms with Gasteiger partial charge in [0, 0.05) is 19.8 Å². The van der Waals surface area contributed by atoms with Crippen molar-refractivity contribution in [1.82, 2.24) is 9.55 Å². The minimum absolute atomic E-state index is 0.573. The van der Waals surface area contributed by atoms with Gasteiger partial charge in [-0.25, -0.2) is 4.98 Å². The Kier molecular flexibility index (Phi) is 4.29. The van der Waals surface area contributed by atoms with E-state index >= 15 is 0 Å². The Bertz CT molecular complexity index is 603. The second kappa shape index (κ2) is 6.35. The number of nitrogens with two attached hydrogens (primary N) is 1. The molecule has 0 radical (unpaired) electrons. The van der Waals surface area contributed by atoms with Gasteiger partial charge in [0.2, 0.25) is 5.95 Å². The molecule has 114 valence electrons. The molecule has 0 amide bonds. The number of hydrogen-bond acceptors (Lipinski definition) is 4. The van der Waals surface area contributed by atoms with Crippen LogP contribution in [0, 0.1) is 5.92 Å². The zero-order valence-corrected chi connectivity index (χ0v) is 12.5. The van der Waals surface area contributed by atoms with Gasteiger partial charge in [0.05, 0.1) is 12.1 Å². The molecule has 0 atom stereocenters. The maximum absolute atomic E-state index is 6.13. The summed E-state index contributed by atoms with van der Waals surface area (Å²) in [5, 5.41) is 0. The van der Waals surface area contributed by atoms with Gasteiger partial charge in [0.15, 0.2) is 0 Å². The zero-order chi connectivity index (χ0) is 14.7. The van der Waals surface area contributed by atoms with Gasteiger partial charge in [-0.15, -0.1) is 0 Å². The predicted molar refractivity (Wildman–Crippen MR) is 83.5 cm³/mol. The SMILES string of the molecule is CCCOc1cccc2c1nc(N)n2CC1CCOCC1. The number of hydrogen-bond donors (Lipinski definition) is 1. The fraction of sp³-hybridized carbons (Fsp3) is 0.562. The predicted octanol–water partition coefficient (Wildman–Crippen LogP) is 2.83. The Hall–Kier alpha value is -1.75. The molecule has 1 aromatic heterocycles. The number of benzene rings is 1. The first-order valence-electron chi connectivity index (χ1n) is 7.75. The molecule has 1 fully saturated rings. The Morgan fingerprint density at radius 3 is 2.95 bits per heavy atom. The average molecular weight is 289 g/mol. The Morgan fingerprint density at radius 2 is 2.19 bits per heavy atom. The second-order valence-corrected chi connectivity index (χ2v) is 5.61. The smallest absolute Gasteiger partial charge is 0.201 e. The van der Waals surface area contributed by atoms with Crippen LogP contribution in [0.25, 0.3) is 11.0 Å². The van der Waals surface area contributed by atoms with Crippen molar-refractivity contribution < 1.29 is 9.47 Å². The number of aromatic nitrogens is 2. The van der Waals surface area contributed by atoms with E-state index in [4.69, 9.17) is 15.2 Å². The number of nitrogens with zero attached hydrogens (tertiary/aromatic N) is 2. The Labute approximate surface area is 125 Å². The lowest BCUT2D eigenvalue weighted by molar-refractivity contribution is 0.0617. The normalized spacial score (nSPS) is 16.4. The van der Waals surface area contributed by atoms with Gasteiger partial charge in [-0.1, -0.05) is 13.0 Å². The molecule has 3 rings (SSSR count). The number of anilines is 1. The molecule has 5 heteroatoms. The van der Waals surface area contributed by atoms with E-state index in [9.17, 15) is 0 Å². The maximum atomic E-state index is 6.13. The van der Waals surface area contributed by atoms with Gasteiger partial charge in [-0.05, 0) is 37.3 Å². The van der Waals surface area contributed by atoms with Crippen molar-refractivity contribution in [3.05, 3.63) is 18.2 Å². The molecule has 0 aliphatic carbocycles. The molecule has 2 heterocycles. The van der Waals surface area contributed by atoms with Crippen LogP contribution in [0.2, 0.25) is 0 Å². The van der Waals surface area contributed by atoms with Crippen LogP contribution in [-0.4, -0.2) is 29.4 Å². The Balaban J connectivity index is 1.89. The summed E-state index contributed by atoms with van der Waals surface area (Å²) in [7, 11) is 0. The van der Waals surface area contributed by atoms with Crippen LogP contribution in [0.5, 0.6) is 5.75 Å². The molecule has 1 saturated heterocycles. The number of fused-ring (bicyclic) bond motifs is 1. The van der Waals surface area contributed by atoms with Crippen molar-refractivity contribution >= 4 is 17.0 Å². The molecule has 2 N–H and O–H groups in total. The largest absolute Gasteiger partial charge is 0.491 e. The molecule has 2 aromatic rings. The number of rotatable bonds is 5. The van der Waals surface area contributed by atoms with Crippen molar-refractivity contribution in [3.8, 4) is 5.75 Å². The summed E-state index contributed by atoms with van der Waals surface area (Å²) in [4.78, 5) is 4.52. The quantitative estimate of drug-likeness (QED) is 0.919. The molecule has 0 unspecified atom stereocenters. The highest BCUT2D eigenvalue weighted by atomic mass is 16.5. The molecule has 0 spiro atoms. The maximum Gasteiger partial charge on any atom is 0.201 e. The number of para-hydroxylation sites is 1. The summed E-state index contributed by atoms with van der Waals surface area (Å²) in [6.07, 6.45) is 3.16. The van der Waals surface area contributed by atoms with E-state index < -0.39 is 0 Å². The van der Waals surface area contributed by atoms with Gasteiger partial charge in [-0.2, -0.15) is 0 Å². The summed E-state index contributed by atoms with van der Waals surface area (Å²) < 4.78 is 13.3. The van der Waals surface area contributed by atoms with Crippen LogP contribution in [-0.2, 0) is 11.3 Å². The van der Waals surface area contributed by atoms with Crippen molar-refractivity contribution in [2.24, 2.45) is 5.92 Å². The van der Waals surface area contributed by atoms with Gasteiger partial charge >= 0.3 is 0 Å². The average Bonchev–Trinajstić information content (AvgIpc) is 2.83. The molecule has 21 heavy (non-hydrogen) atoms. The molecular formula is C16H23N3O2. The first-order valence-corrected chi connectivity index (χ1v) is 7.75. The van der Waals surface area contributed by atoms with Crippen molar-refractivity contribution in [2.75, 3.05) is 25.6 Å². The van der Waals surface area contributed by atoms with Crippen molar-refractivity contribution in [3.63, 3.8) is 0 Å². The number of nitrogen functional groups attached to an aromatic ring is 1. The van der Waals surface area contributed by atoms with E-state index in [-0.39, 0.29) is 0 Å². The monoisotopic (exact) mass is 289 g/mol. The van der Waals surface area contributed by atoms with E-state index in [0.717, 1.165) is 55.8 Å². The standard InChI is InChI=1S/C16H23N3O2/c1-2-8-21-14-5-3-4-13-15(14)18-16(17)19(13)11-12-6-9-20-10-7-12/h3-5,12H,2,6-11H2,1H3,(H2,17,18). The van der Waals surface area contributed by atoms with E-state index in [1.54, 1.807) is 0 Å². The van der Waals surface area contributed by atoms with E-state index in [1.807, 2.05) is 12.1 Å². The van der Waals surface area contributed by atoms with Crippen molar-refractivity contribution in [1.29, 1.82) is 0 Å². The van der Waals surface area contributed by atoms with Crippen LogP contribution >= 0.6 is 0 Å². The molecule has 1 aliphatic rings. The number of ether oxygens (including phenoxy) is 2. The van der Waals surface area contributed by atoms with E-state index in [1.165, 1.54) is 0 Å². The number of imidazole rings is 1.